The largest absolute Gasteiger partial charge is 0.497 e. The number of pyridine rings is 1. The molecule has 8 nitrogen and oxygen atoms in total. The van der Waals surface area contributed by atoms with Crippen molar-refractivity contribution in [1.82, 2.24) is 20.1 Å². The fourth-order valence-electron chi connectivity index (χ4n) is 5.53. The number of ether oxygens (including phenoxy) is 1. The van der Waals surface area contributed by atoms with Crippen LogP contribution in [0.3, 0.4) is 0 Å². The summed E-state index contributed by atoms with van der Waals surface area (Å²) in [5.41, 5.74) is 2.94. The summed E-state index contributed by atoms with van der Waals surface area (Å²) in [5, 5.41) is 5.93. The number of nitrogens with one attached hydrogen (secondary N) is 2. The summed E-state index contributed by atoms with van der Waals surface area (Å²) in [6, 6.07) is 23.4. The highest BCUT2D eigenvalue weighted by atomic mass is 16.5. The molecule has 3 aromatic rings. The van der Waals surface area contributed by atoms with Crippen LogP contribution in [0.25, 0.3) is 0 Å². The van der Waals surface area contributed by atoms with Gasteiger partial charge in [0.05, 0.1) is 18.7 Å². The van der Waals surface area contributed by atoms with E-state index in [0.717, 1.165) is 43.9 Å². The standard InChI is InChI=1S/C30H35N5O3/c1-38-26-12-10-23(11-13-26)32-30(37)33-24-14-17-35(18-15-24)29(36)28-21-34(19-25-9-5-6-16-31-25)20-27(28)22-7-3-2-4-8-22/h2-13,16,24,27-28H,14-15,17-21H2,1H3,(H2,32,33,37)/t27-,28+/m0/s1. The first-order chi connectivity index (χ1) is 18.6. The summed E-state index contributed by atoms with van der Waals surface area (Å²) >= 11 is 0. The van der Waals surface area contributed by atoms with E-state index in [1.54, 1.807) is 7.11 Å². The van der Waals surface area contributed by atoms with Gasteiger partial charge in [0.15, 0.2) is 0 Å². The molecule has 2 aliphatic heterocycles. The minimum Gasteiger partial charge on any atom is -0.497 e. The minimum absolute atomic E-state index is 0.0338. The fourth-order valence-corrected chi connectivity index (χ4v) is 5.53. The van der Waals surface area contributed by atoms with E-state index in [1.165, 1.54) is 5.56 Å². The molecular formula is C30H35N5O3. The summed E-state index contributed by atoms with van der Waals surface area (Å²) in [6.45, 7) is 3.58. The number of anilines is 1. The average Bonchev–Trinajstić information content (AvgIpc) is 3.38. The second-order valence-electron chi connectivity index (χ2n) is 10.1. The van der Waals surface area contributed by atoms with Gasteiger partial charge in [0.25, 0.3) is 0 Å². The summed E-state index contributed by atoms with van der Waals surface area (Å²) in [5.74, 6) is 1.01. The number of carbonyl (C=O) groups excluding carboxylic acids is 2. The maximum absolute atomic E-state index is 13.8. The molecule has 0 bridgehead atoms. The van der Waals surface area contributed by atoms with Gasteiger partial charge in [-0.1, -0.05) is 36.4 Å². The molecule has 198 valence electrons. The van der Waals surface area contributed by atoms with Crippen molar-refractivity contribution < 1.29 is 14.3 Å². The number of methoxy groups -OCH3 is 1. The van der Waals surface area contributed by atoms with Crippen molar-refractivity contribution in [3.63, 3.8) is 0 Å². The number of rotatable bonds is 7. The van der Waals surface area contributed by atoms with Crippen molar-refractivity contribution in [2.24, 2.45) is 5.92 Å². The van der Waals surface area contributed by atoms with Gasteiger partial charge in [-0.25, -0.2) is 4.79 Å². The lowest BCUT2D eigenvalue weighted by atomic mass is 9.87. The monoisotopic (exact) mass is 513 g/mol. The van der Waals surface area contributed by atoms with Crippen molar-refractivity contribution in [3.05, 3.63) is 90.3 Å². The molecule has 3 amide bonds. The zero-order valence-electron chi connectivity index (χ0n) is 21.8. The third-order valence-corrected chi connectivity index (χ3v) is 7.54. The summed E-state index contributed by atoms with van der Waals surface area (Å²) in [6.07, 6.45) is 3.29. The first-order valence-corrected chi connectivity index (χ1v) is 13.3. The molecule has 2 atom stereocenters. The van der Waals surface area contributed by atoms with E-state index in [1.807, 2.05) is 71.8 Å². The predicted octanol–water partition coefficient (Wildman–Crippen LogP) is 4.12. The molecule has 2 N–H and O–H groups in total. The first-order valence-electron chi connectivity index (χ1n) is 13.3. The molecule has 0 aliphatic carbocycles. The molecule has 3 heterocycles. The fraction of sp³-hybridized carbons (Fsp3) is 0.367. The number of hydrogen-bond donors (Lipinski definition) is 2. The molecule has 0 unspecified atom stereocenters. The van der Waals surface area contributed by atoms with E-state index in [0.29, 0.717) is 18.8 Å². The van der Waals surface area contributed by atoms with Gasteiger partial charge in [0.1, 0.15) is 5.75 Å². The third kappa shape index (κ3) is 6.31. The number of nitrogens with zero attached hydrogens (tertiary/aromatic N) is 3. The van der Waals surface area contributed by atoms with E-state index in [9.17, 15) is 9.59 Å². The Hall–Kier alpha value is -3.91. The van der Waals surface area contributed by atoms with Crippen LogP contribution in [-0.2, 0) is 11.3 Å². The van der Waals surface area contributed by atoms with Gasteiger partial charge < -0.3 is 20.3 Å². The molecule has 0 saturated carbocycles. The lowest BCUT2D eigenvalue weighted by molar-refractivity contribution is -0.136. The quantitative estimate of drug-likeness (QED) is 0.496. The highest BCUT2D eigenvalue weighted by molar-refractivity contribution is 5.89. The molecule has 8 heteroatoms. The lowest BCUT2D eigenvalue weighted by Gasteiger charge is -2.35. The Morgan fingerprint density at radius 1 is 0.947 bits per heavy atom. The number of carbonyl (C=O) groups is 2. The molecule has 2 fully saturated rings. The number of urea groups is 1. The second kappa shape index (κ2) is 12.1. The summed E-state index contributed by atoms with van der Waals surface area (Å²) in [7, 11) is 1.61. The third-order valence-electron chi connectivity index (χ3n) is 7.54. The van der Waals surface area contributed by atoms with Gasteiger partial charge in [-0.2, -0.15) is 0 Å². The van der Waals surface area contributed by atoms with Gasteiger partial charge in [-0.3, -0.25) is 14.7 Å². The number of aromatic nitrogens is 1. The van der Waals surface area contributed by atoms with Crippen molar-refractivity contribution >= 4 is 17.6 Å². The van der Waals surface area contributed by atoms with Crippen LogP contribution in [0, 0.1) is 5.92 Å². The Balaban J connectivity index is 1.17. The molecule has 38 heavy (non-hydrogen) atoms. The van der Waals surface area contributed by atoms with Crippen LogP contribution in [0.2, 0.25) is 0 Å². The van der Waals surface area contributed by atoms with Crippen LogP contribution in [0.5, 0.6) is 5.75 Å². The highest BCUT2D eigenvalue weighted by Crippen LogP contribution is 2.35. The highest BCUT2D eigenvalue weighted by Gasteiger charge is 2.41. The van der Waals surface area contributed by atoms with Crippen molar-refractivity contribution in [2.45, 2.75) is 31.3 Å². The van der Waals surface area contributed by atoms with E-state index < -0.39 is 0 Å². The van der Waals surface area contributed by atoms with Crippen LogP contribution in [-0.4, -0.2) is 66.1 Å². The van der Waals surface area contributed by atoms with Crippen LogP contribution in [0.15, 0.2) is 79.0 Å². The lowest BCUT2D eigenvalue weighted by Crippen LogP contribution is -2.49. The molecule has 1 aromatic heterocycles. The SMILES string of the molecule is COc1ccc(NC(=O)NC2CCN(C(=O)[C@@H]3CN(Cc4ccccn4)C[C@H]3c3ccccc3)CC2)cc1. The van der Waals surface area contributed by atoms with Crippen molar-refractivity contribution in [1.29, 1.82) is 0 Å². The smallest absolute Gasteiger partial charge is 0.319 e. The summed E-state index contributed by atoms with van der Waals surface area (Å²) < 4.78 is 5.16. The Morgan fingerprint density at radius 3 is 2.37 bits per heavy atom. The van der Waals surface area contributed by atoms with Crippen LogP contribution >= 0.6 is 0 Å². The van der Waals surface area contributed by atoms with Crippen LogP contribution in [0.1, 0.15) is 30.0 Å². The van der Waals surface area contributed by atoms with E-state index in [2.05, 4.69) is 32.7 Å². The Labute approximate surface area is 224 Å². The normalized spacial score (nSPS) is 20.2. The maximum Gasteiger partial charge on any atom is 0.319 e. The molecule has 2 saturated heterocycles. The summed E-state index contributed by atoms with van der Waals surface area (Å²) in [4.78, 5) is 35.1. The van der Waals surface area contributed by atoms with Gasteiger partial charge >= 0.3 is 6.03 Å². The predicted molar refractivity (Wildman–Crippen MR) is 147 cm³/mol. The molecule has 2 aliphatic rings. The molecular weight excluding hydrogens is 478 g/mol. The zero-order valence-corrected chi connectivity index (χ0v) is 21.8. The molecule has 0 spiro atoms. The zero-order chi connectivity index (χ0) is 26.3. The molecule has 0 radical (unpaired) electrons. The average molecular weight is 514 g/mol. The minimum atomic E-state index is -0.231. The van der Waals surface area contributed by atoms with Crippen LogP contribution < -0.4 is 15.4 Å². The molecule has 2 aromatic carbocycles. The number of likely N-dealkylation sites (tertiary alicyclic amines) is 2. The van der Waals surface area contributed by atoms with E-state index in [-0.39, 0.29) is 29.8 Å². The Bertz CT molecular complexity index is 1200. The first kappa shape index (κ1) is 25.7. The van der Waals surface area contributed by atoms with Gasteiger partial charge in [0.2, 0.25) is 5.91 Å². The number of amides is 3. The Morgan fingerprint density at radius 2 is 1.68 bits per heavy atom. The number of hydrogen-bond acceptors (Lipinski definition) is 5. The number of piperidine rings is 1. The maximum atomic E-state index is 13.8. The topological polar surface area (TPSA) is 86.8 Å². The van der Waals surface area contributed by atoms with E-state index >= 15 is 0 Å². The van der Waals surface area contributed by atoms with Gasteiger partial charge in [0, 0.05) is 56.6 Å². The van der Waals surface area contributed by atoms with E-state index in [4.69, 9.17) is 4.74 Å². The molecule has 5 rings (SSSR count). The van der Waals surface area contributed by atoms with Gasteiger partial charge in [-0.15, -0.1) is 0 Å². The van der Waals surface area contributed by atoms with Gasteiger partial charge in [-0.05, 0) is 54.8 Å². The van der Waals surface area contributed by atoms with Crippen molar-refractivity contribution in [2.75, 3.05) is 38.6 Å². The van der Waals surface area contributed by atoms with Crippen molar-refractivity contribution in [3.8, 4) is 5.75 Å². The second-order valence-corrected chi connectivity index (χ2v) is 10.1. The Kier molecular flexibility index (Phi) is 8.19. The van der Waals surface area contributed by atoms with Crippen LogP contribution in [0.4, 0.5) is 10.5 Å². The number of benzene rings is 2.